The van der Waals surface area contributed by atoms with Crippen LogP contribution in [0.15, 0.2) is 36.4 Å². The molecule has 0 bridgehead atoms. The van der Waals surface area contributed by atoms with E-state index in [1.165, 1.54) is 76.3 Å². The second-order valence-electron chi connectivity index (χ2n) is 11.3. The van der Waals surface area contributed by atoms with E-state index in [0.29, 0.717) is 5.92 Å². The lowest BCUT2D eigenvalue weighted by Gasteiger charge is -2.38. The van der Waals surface area contributed by atoms with Gasteiger partial charge in [-0.25, -0.2) is 8.78 Å². The molecule has 0 N–H and O–H groups in total. The SMILES string of the molecule is CCCC1CCC(C2CCC(CCc3ccc(OC(F)(F)c4cc(F)c(OC(F)F)c(F)c4)cc3)CC2)CC1. The van der Waals surface area contributed by atoms with E-state index in [1.54, 1.807) is 12.1 Å². The molecule has 0 heterocycles. The van der Waals surface area contributed by atoms with Crippen LogP contribution in [-0.4, -0.2) is 6.61 Å². The van der Waals surface area contributed by atoms with Gasteiger partial charge in [0, 0.05) is 0 Å². The lowest BCUT2D eigenvalue weighted by molar-refractivity contribution is -0.185. The highest BCUT2D eigenvalue weighted by atomic mass is 19.3. The van der Waals surface area contributed by atoms with Gasteiger partial charge in [0.15, 0.2) is 17.4 Å². The predicted molar refractivity (Wildman–Crippen MR) is 138 cm³/mol. The second kappa shape index (κ2) is 13.3. The maximum Gasteiger partial charge on any atom is 0.426 e. The van der Waals surface area contributed by atoms with E-state index in [4.69, 9.17) is 4.74 Å². The Bertz CT molecular complexity index is 1020. The van der Waals surface area contributed by atoms with Gasteiger partial charge in [-0.1, -0.05) is 57.6 Å². The van der Waals surface area contributed by atoms with Crippen molar-refractivity contribution < 1.29 is 35.8 Å². The first-order valence-corrected chi connectivity index (χ1v) is 14.2. The van der Waals surface area contributed by atoms with Crippen LogP contribution in [0.3, 0.4) is 0 Å². The molecule has 0 unspecified atom stereocenters. The first kappa shape index (κ1) is 29.6. The average molecular weight is 557 g/mol. The molecule has 2 fully saturated rings. The zero-order chi connectivity index (χ0) is 28.0. The number of aryl methyl sites for hydroxylation is 1. The highest BCUT2D eigenvalue weighted by Gasteiger charge is 2.37. The first-order chi connectivity index (χ1) is 18.6. The minimum Gasteiger partial charge on any atom is -0.429 e. The number of ether oxygens (including phenoxy) is 2. The summed E-state index contributed by atoms with van der Waals surface area (Å²) in [5, 5.41) is 0. The molecule has 2 saturated carbocycles. The van der Waals surface area contributed by atoms with Gasteiger partial charge in [-0.2, -0.15) is 17.6 Å². The molecule has 0 aliphatic heterocycles. The minimum atomic E-state index is -4.08. The Labute approximate surface area is 227 Å². The topological polar surface area (TPSA) is 18.5 Å². The van der Waals surface area contributed by atoms with Gasteiger partial charge >= 0.3 is 12.7 Å². The molecule has 2 aromatic rings. The van der Waals surface area contributed by atoms with E-state index in [9.17, 15) is 26.3 Å². The number of hydrogen-bond donors (Lipinski definition) is 0. The standard InChI is InChI=1S/C31H38F6O2/c1-2-3-20-6-12-23(13-7-20)24-14-8-21(9-15-24)4-5-22-10-16-26(17-11-22)39-31(36,37)25-18-27(32)29(28(33)19-25)38-30(34)35/h10-11,16-21,23-24,30H,2-9,12-15H2,1H3. The van der Waals surface area contributed by atoms with E-state index in [0.717, 1.165) is 36.2 Å². The van der Waals surface area contributed by atoms with Crippen LogP contribution in [0.25, 0.3) is 0 Å². The molecule has 0 atom stereocenters. The summed E-state index contributed by atoms with van der Waals surface area (Å²) in [7, 11) is 0. The molecule has 2 aliphatic rings. The highest BCUT2D eigenvalue weighted by Crippen LogP contribution is 2.43. The number of benzene rings is 2. The molecule has 2 nitrogen and oxygen atoms in total. The van der Waals surface area contributed by atoms with Gasteiger partial charge in [0.25, 0.3) is 0 Å². The van der Waals surface area contributed by atoms with Crippen LogP contribution in [0, 0.1) is 35.3 Å². The van der Waals surface area contributed by atoms with E-state index in [2.05, 4.69) is 11.7 Å². The first-order valence-electron chi connectivity index (χ1n) is 14.2. The van der Waals surface area contributed by atoms with Crippen molar-refractivity contribution in [2.45, 2.75) is 96.7 Å². The summed E-state index contributed by atoms with van der Waals surface area (Å²) >= 11 is 0. The number of halogens is 6. The fourth-order valence-electron chi connectivity index (χ4n) is 6.54. The van der Waals surface area contributed by atoms with E-state index >= 15 is 0 Å². The Morgan fingerprint density at radius 2 is 1.31 bits per heavy atom. The van der Waals surface area contributed by atoms with Gasteiger partial charge in [-0.3, -0.25) is 0 Å². The quantitative estimate of drug-likeness (QED) is 0.256. The van der Waals surface area contributed by atoms with Gasteiger partial charge in [0.05, 0.1) is 5.56 Å². The molecule has 8 heteroatoms. The summed E-state index contributed by atoms with van der Waals surface area (Å²) in [6.07, 6.45) is 11.2. The molecule has 39 heavy (non-hydrogen) atoms. The van der Waals surface area contributed by atoms with Gasteiger partial charge in [0.1, 0.15) is 5.75 Å². The van der Waals surface area contributed by atoms with Crippen molar-refractivity contribution in [1.29, 1.82) is 0 Å². The molecule has 0 spiro atoms. The maximum absolute atomic E-state index is 14.6. The third-order valence-electron chi connectivity index (χ3n) is 8.70. The molecular weight excluding hydrogens is 518 g/mol. The number of hydrogen-bond acceptors (Lipinski definition) is 2. The summed E-state index contributed by atoms with van der Waals surface area (Å²) in [6.45, 7) is -1.22. The Hall–Kier alpha value is -2.38. The lowest BCUT2D eigenvalue weighted by atomic mass is 9.68. The zero-order valence-electron chi connectivity index (χ0n) is 22.4. The molecule has 2 aromatic carbocycles. The van der Waals surface area contributed by atoms with Crippen molar-refractivity contribution in [3.63, 3.8) is 0 Å². The Kier molecular flexibility index (Phi) is 10.1. The Balaban J connectivity index is 1.23. The summed E-state index contributed by atoms with van der Waals surface area (Å²) < 4.78 is 89.9. The van der Waals surface area contributed by atoms with Crippen LogP contribution in [0.4, 0.5) is 26.3 Å². The molecular formula is C31H38F6O2. The molecule has 2 aliphatic carbocycles. The monoisotopic (exact) mass is 556 g/mol. The van der Waals surface area contributed by atoms with Crippen molar-refractivity contribution in [3.8, 4) is 11.5 Å². The number of alkyl halides is 4. The third kappa shape index (κ3) is 8.07. The van der Waals surface area contributed by atoms with Crippen molar-refractivity contribution in [2.24, 2.45) is 23.7 Å². The van der Waals surface area contributed by atoms with Crippen LogP contribution in [-0.2, 0) is 12.5 Å². The smallest absolute Gasteiger partial charge is 0.426 e. The largest absolute Gasteiger partial charge is 0.429 e. The Morgan fingerprint density at radius 3 is 1.79 bits per heavy atom. The summed E-state index contributed by atoms with van der Waals surface area (Å²) in [5.74, 6) is -1.53. The van der Waals surface area contributed by atoms with Crippen LogP contribution in [0.2, 0.25) is 0 Å². The summed E-state index contributed by atoms with van der Waals surface area (Å²) in [6, 6.07) is 6.67. The van der Waals surface area contributed by atoms with E-state index < -0.39 is 35.7 Å². The normalized spacial score (nSPS) is 24.1. The fraction of sp³-hybridized carbons (Fsp3) is 0.613. The van der Waals surface area contributed by atoms with Crippen LogP contribution >= 0.6 is 0 Å². The molecule has 0 radical (unpaired) electrons. The minimum absolute atomic E-state index is 0.174. The van der Waals surface area contributed by atoms with Crippen molar-refractivity contribution in [1.82, 2.24) is 0 Å². The van der Waals surface area contributed by atoms with Gasteiger partial charge < -0.3 is 9.47 Å². The van der Waals surface area contributed by atoms with E-state index in [-0.39, 0.29) is 17.9 Å². The number of rotatable bonds is 11. The zero-order valence-corrected chi connectivity index (χ0v) is 22.4. The van der Waals surface area contributed by atoms with Crippen LogP contribution in [0.1, 0.15) is 88.7 Å². The summed E-state index contributed by atoms with van der Waals surface area (Å²) in [5.41, 5.74) is -0.138. The summed E-state index contributed by atoms with van der Waals surface area (Å²) in [4.78, 5) is 0. The second-order valence-corrected chi connectivity index (χ2v) is 11.3. The van der Waals surface area contributed by atoms with Gasteiger partial charge in [0.2, 0.25) is 0 Å². The predicted octanol–water partition coefficient (Wildman–Crippen LogP) is 10.0. The lowest BCUT2D eigenvalue weighted by Crippen LogP contribution is -2.26. The van der Waals surface area contributed by atoms with Crippen LogP contribution in [0.5, 0.6) is 11.5 Å². The van der Waals surface area contributed by atoms with Crippen molar-refractivity contribution in [2.75, 3.05) is 0 Å². The molecule has 0 amide bonds. The fourth-order valence-corrected chi connectivity index (χ4v) is 6.54. The van der Waals surface area contributed by atoms with Crippen molar-refractivity contribution in [3.05, 3.63) is 59.2 Å². The van der Waals surface area contributed by atoms with Crippen LogP contribution < -0.4 is 9.47 Å². The van der Waals surface area contributed by atoms with E-state index in [1.807, 2.05) is 0 Å². The van der Waals surface area contributed by atoms with Gasteiger partial charge in [-0.05, 0) is 92.0 Å². The average Bonchev–Trinajstić information content (AvgIpc) is 2.91. The third-order valence-corrected chi connectivity index (χ3v) is 8.70. The van der Waals surface area contributed by atoms with Gasteiger partial charge in [-0.15, -0.1) is 0 Å². The van der Waals surface area contributed by atoms with Crippen molar-refractivity contribution >= 4 is 0 Å². The molecule has 216 valence electrons. The molecule has 0 saturated heterocycles. The Morgan fingerprint density at radius 1 is 0.795 bits per heavy atom. The maximum atomic E-state index is 14.6. The molecule has 4 rings (SSSR count). The molecule has 0 aromatic heterocycles. The highest BCUT2D eigenvalue weighted by molar-refractivity contribution is 5.34.